The van der Waals surface area contributed by atoms with Crippen LogP contribution in [0.15, 0.2) is 94.7 Å². The van der Waals surface area contributed by atoms with Crippen molar-refractivity contribution >= 4 is 43.0 Å². The SMILES string of the molecule is Cc1ccc(NS(=O)(=O)c2cc(C(=O)Nc3ccc(S(=O)(=O)Nc4ccc(F)cc4)cc3)ccc2C)cc1C. The topological polar surface area (TPSA) is 121 Å². The molecule has 0 saturated heterocycles. The van der Waals surface area contributed by atoms with Crippen molar-refractivity contribution in [1.29, 1.82) is 0 Å². The molecule has 0 saturated carbocycles. The van der Waals surface area contributed by atoms with Gasteiger partial charge in [-0.1, -0.05) is 12.1 Å². The van der Waals surface area contributed by atoms with E-state index >= 15 is 0 Å². The average Bonchev–Trinajstić information content (AvgIpc) is 2.88. The fourth-order valence-corrected chi connectivity index (χ4v) is 6.08. The maximum Gasteiger partial charge on any atom is 0.262 e. The first-order chi connectivity index (χ1) is 18.3. The van der Waals surface area contributed by atoms with E-state index in [1.807, 2.05) is 19.9 Å². The monoisotopic (exact) mass is 567 g/mol. The third kappa shape index (κ3) is 6.62. The maximum absolute atomic E-state index is 13.1. The summed E-state index contributed by atoms with van der Waals surface area (Å²) in [5.74, 6) is -1.06. The van der Waals surface area contributed by atoms with E-state index in [0.717, 1.165) is 23.3 Å². The Labute approximate surface area is 227 Å². The number of hydrogen-bond donors (Lipinski definition) is 3. The molecule has 0 aliphatic carbocycles. The minimum Gasteiger partial charge on any atom is -0.322 e. The molecule has 0 radical (unpaired) electrons. The molecule has 8 nitrogen and oxygen atoms in total. The lowest BCUT2D eigenvalue weighted by Gasteiger charge is -2.13. The minimum absolute atomic E-state index is 0.0401. The lowest BCUT2D eigenvalue weighted by molar-refractivity contribution is 0.102. The lowest BCUT2D eigenvalue weighted by Crippen LogP contribution is -2.17. The Morgan fingerprint density at radius 2 is 1.18 bits per heavy atom. The predicted molar refractivity (Wildman–Crippen MR) is 150 cm³/mol. The van der Waals surface area contributed by atoms with Crippen LogP contribution in [0, 0.1) is 26.6 Å². The number of halogens is 1. The lowest BCUT2D eigenvalue weighted by atomic mass is 10.1. The van der Waals surface area contributed by atoms with Gasteiger partial charge in [0.2, 0.25) is 0 Å². The highest BCUT2D eigenvalue weighted by atomic mass is 32.2. The molecule has 202 valence electrons. The van der Waals surface area contributed by atoms with Gasteiger partial charge in [-0.2, -0.15) is 0 Å². The fraction of sp³-hybridized carbons (Fsp3) is 0.107. The number of anilines is 3. The van der Waals surface area contributed by atoms with Gasteiger partial charge in [0, 0.05) is 22.6 Å². The van der Waals surface area contributed by atoms with Crippen LogP contribution in [-0.4, -0.2) is 22.7 Å². The molecule has 0 heterocycles. The summed E-state index contributed by atoms with van der Waals surface area (Å²) >= 11 is 0. The van der Waals surface area contributed by atoms with Crippen LogP contribution in [0.3, 0.4) is 0 Å². The zero-order valence-corrected chi connectivity index (χ0v) is 23.0. The van der Waals surface area contributed by atoms with Gasteiger partial charge in [0.1, 0.15) is 5.82 Å². The van der Waals surface area contributed by atoms with Gasteiger partial charge in [-0.05, 0) is 110 Å². The van der Waals surface area contributed by atoms with Gasteiger partial charge >= 0.3 is 0 Å². The van der Waals surface area contributed by atoms with Crippen LogP contribution in [0.1, 0.15) is 27.0 Å². The van der Waals surface area contributed by atoms with Crippen LogP contribution in [0.25, 0.3) is 0 Å². The van der Waals surface area contributed by atoms with E-state index in [9.17, 15) is 26.0 Å². The summed E-state index contributed by atoms with van der Waals surface area (Å²) in [4.78, 5) is 12.8. The second-order valence-corrected chi connectivity index (χ2v) is 12.3. The smallest absolute Gasteiger partial charge is 0.262 e. The highest BCUT2D eigenvalue weighted by molar-refractivity contribution is 7.93. The van der Waals surface area contributed by atoms with Crippen molar-refractivity contribution in [1.82, 2.24) is 0 Å². The second-order valence-electron chi connectivity index (χ2n) is 8.98. The summed E-state index contributed by atoms with van der Waals surface area (Å²) in [6, 6.07) is 19.9. The van der Waals surface area contributed by atoms with E-state index in [4.69, 9.17) is 0 Å². The number of carbonyl (C=O) groups excluding carboxylic acids is 1. The van der Waals surface area contributed by atoms with Gasteiger partial charge in [-0.25, -0.2) is 21.2 Å². The normalized spacial score (nSPS) is 11.6. The van der Waals surface area contributed by atoms with E-state index in [0.29, 0.717) is 16.9 Å². The standard InChI is InChI=1S/C28H26FN3O5S2/c1-18-5-9-25(16-20(18)3)32-39(36,37)27-17-21(6-4-19(27)2)28(33)30-23-12-14-26(15-13-23)38(34,35)31-24-10-7-22(29)8-11-24/h4-17,31-32H,1-3H3,(H,30,33). The second kappa shape index (κ2) is 10.9. The van der Waals surface area contributed by atoms with Crippen molar-refractivity contribution < 1.29 is 26.0 Å². The van der Waals surface area contributed by atoms with Gasteiger partial charge in [0.05, 0.1) is 9.79 Å². The highest BCUT2D eigenvalue weighted by Crippen LogP contribution is 2.24. The molecule has 4 aromatic rings. The number of benzene rings is 4. The van der Waals surface area contributed by atoms with Crippen molar-refractivity contribution in [3.05, 3.63) is 113 Å². The van der Waals surface area contributed by atoms with Crippen LogP contribution in [0.4, 0.5) is 21.5 Å². The van der Waals surface area contributed by atoms with Gasteiger partial charge in [0.25, 0.3) is 26.0 Å². The number of carbonyl (C=O) groups is 1. The Morgan fingerprint density at radius 3 is 1.82 bits per heavy atom. The van der Waals surface area contributed by atoms with Crippen molar-refractivity contribution in [2.24, 2.45) is 0 Å². The van der Waals surface area contributed by atoms with Crippen LogP contribution >= 0.6 is 0 Å². The van der Waals surface area contributed by atoms with Gasteiger partial charge in [-0.3, -0.25) is 14.2 Å². The Kier molecular flexibility index (Phi) is 7.75. The summed E-state index contributed by atoms with van der Waals surface area (Å²) in [6.45, 7) is 5.44. The van der Waals surface area contributed by atoms with E-state index in [1.54, 1.807) is 25.1 Å². The molecule has 0 spiro atoms. The zero-order chi connectivity index (χ0) is 28.4. The number of sulfonamides is 2. The first kappa shape index (κ1) is 27.8. The number of rotatable bonds is 8. The van der Waals surface area contributed by atoms with Gasteiger partial charge in [-0.15, -0.1) is 0 Å². The van der Waals surface area contributed by atoms with Gasteiger partial charge in [0.15, 0.2) is 0 Å². The summed E-state index contributed by atoms with van der Waals surface area (Å²) in [7, 11) is -7.92. The van der Waals surface area contributed by atoms with E-state index < -0.39 is 31.8 Å². The number of hydrogen-bond acceptors (Lipinski definition) is 5. The molecule has 4 aromatic carbocycles. The quantitative estimate of drug-likeness (QED) is 0.256. The first-order valence-corrected chi connectivity index (χ1v) is 14.7. The van der Waals surface area contributed by atoms with Crippen molar-refractivity contribution in [2.45, 2.75) is 30.6 Å². The fourth-order valence-electron chi connectivity index (χ4n) is 3.70. The third-order valence-electron chi connectivity index (χ3n) is 6.02. The molecule has 0 aliphatic heterocycles. The molecule has 0 unspecified atom stereocenters. The number of nitrogens with one attached hydrogen (secondary N) is 3. The van der Waals surface area contributed by atoms with Crippen LogP contribution < -0.4 is 14.8 Å². The molecule has 39 heavy (non-hydrogen) atoms. The molecular formula is C28H26FN3O5S2. The van der Waals surface area contributed by atoms with E-state index in [2.05, 4.69) is 14.8 Å². The zero-order valence-electron chi connectivity index (χ0n) is 21.3. The van der Waals surface area contributed by atoms with Crippen molar-refractivity contribution in [3.8, 4) is 0 Å². The van der Waals surface area contributed by atoms with Crippen LogP contribution in [0.5, 0.6) is 0 Å². The largest absolute Gasteiger partial charge is 0.322 e. The minimum atomic E-state index is -3.98. The van der Waals surface area contributed by atoms with Crippen LogP contribution in [0.2, 0.25) is 0 Å². The van der Waals surface area contributed by atoms with E-state index in [1.165, 1.54) is 48.5 Å². The first-order valence-electron chi connectivity index (χ1n) is 11.7. The summed E-state index contributed by atoms with van der Waals surface area (Å²) in [6.07, 6.45) is 0. The molecule has 1 amide bonds. The van der Waals surface area contributed by atoms with Gasteiger partial charge < -0.3 is 5.32 Å². The molecule has 4 rings (SSSR count). The van der Waals surface area contributed by atoms with Crippen molar-refractivity contribution in [2.75, 3.05) is 14.8 Å². The predicted octanol–water partition coefficient (Wildman–Crippen LogP) is 5.60. The van der Waals surface area contributed by atoms with Crippen molar-refractivity contribution in [3.63, 3.8) is 0 Å². The van der Waals surface area contributed by atoms with E-state index in [-0.39, 0.29) is 21.0 Å². The van der Waals surface area contributed by atoms with Crippen LogP contribution in [-0.2, 0) is 20.0 Å². The molecule has 0 aromatic heterocycles. The Morgan fingerprint density at radius 1 is 0.615 bits per heavy atom. The number of amides is 1. The Balaban J connectivity index is 1.49. The average molecular weight is 568 g/mol. The summed E-state index contributed by atoms with van der Waals surface area (Å²) in [5, 5.41) is 2.64. The number of aryl methyl sites for hydroxylation is 3. The molecule has 3 N–H and O–H groups in total. The third-order valence-corrected chi connectivity index (χ3v) is 8.94. The molecular weight excluding hydrogens is 541 g/mol. The summed E-state index contributed by atoms with van der Waals surface area (Å²) < 4.78 is 69.4. The molecule has 0 atom stereocenters. The molecule has 0 aliphatic rings. The Hall–Kier alpha value is -4.22. The molecule has 0 bridgehead atoms. The molecule has 11 heteroatoms. The maximum atomic E-state index is 13.1. The summed E-state index contributed by atoms with van der Waals surface area (Å²) in [5.41, 5.74) is 3.45. The Bertz CT molecular complexity index is 1750. The molecule has 0 fully saturated rings. The highest BCUT2D eigenvalue weighted by Gasteiger charge is 2.20.